The number of nitrogens with zero attached hydrogens (tertiary/aromatic N) is 3. The summed E-state index contributed by atoms with van der Waals surface area (Å²) in [6, 6.07) is 0. The maximum Gasteiger partial charge on any atom is 0.308 e. The maximum absolute atomic E-state index is 11.9. The largest absolute Gasteiger partial charge is 0.337 e. The number of nitrogens with two attached hydrogens (primary N) is 1. The topological polar surface area (TPSA) is 86.9 Å². The van der Waals surface area contributed by atoms with E-state index in [1.54, 1.807) is 4.57 Å². The third-order valence-electron chi connectivity index (χ3n) is 4.08. The molecule has 0 bridgehead atoms. The third-order valence-corrected chi connectivity index (χ3v) is 5.07. The molecular weight excluding hydrogens is 312 g/mol. The van der Waals surface area contributed by atoms with E-state index in [0.29, 0.717) is 18.3 Å². The lowest BCUT2D eigenvalue weighted by molar-refractivity contribution is 0.343. The van der Waals surface area contributed by atoms with Gasteiger partial charge in [-0.25, -0.2) is 0 Å². The Bertz CT molecular complexity index is 685. The highest BCUT2D eigenvalue weighted by molar-refractivity contribution is 7.09. The van der Waals surface area contributed by atoms with Gasteiger partial charge < -0.3 is 10.3 Å². The molecule has 2 N–H and O–H groups in total. The Morgan fingerprint density at radius 3 is 2.62 bits per heavy atom. The van der Waals surface area contributed by atoms with Crippen molar-refractivity contribution in [3.05, 3.63) is 32.0 Å². The summed E-state index contributed by atoms with van der Waals surface area (Å²) in [4.78, 5) is 17.3. The van der Waals surface area contributed by atoms with E-state index in [9.17, 15) is 4.79 Å². The van der Waals surface area contributed by atoms with Gasteiger partial charge in [-0.15, -0.1) is 12.4 Å². The molecule has 1 fully saturated rings. The smallest absolute Gasteiger partial charge is 0.308 e. The van der Waals surface area contributed by atoms with Crippen molar-refractivity contribution in [2.45, 2.75) is 51.6 Å². The summed E-state index contributed by atoms with van der Waals surface area (Å²) in [5, 5.41) is 4.01. The van der Waals surface area contributed by atoms with Gasteiger partial charge in [0.15, 0.2) is 5.82 Å². The molecule has 0 spiro atoms. The first-order chi connectivity index (χ1) is 9.49. The molecule has 0 aliphatic heterocycles. The first-order valence-electron chi connectivity index (χ1n) is 6.78. The van der Waals surface area contributed by atoms with Gasteiger partial charge in [-0.05, 0) is 26.7 Å². The number of halogens is 1. The molecule has 0 saturated heterocycles. The number of rotatable bonds is 3. The van der Waals surface area contributed by atoms with Crippen molar-refractivity contribution in [3.8, 4) is 0 Å². The van der Waals surface area contributed by atoms with Gasteiger partial charge in [0.1, 0.15) is 6.54 Å². The molecule has 0 unspecified atom stereocenters. The lowest BCUT2D eigenvalue weighted by atomic mass is 9.99. The number of hydrogen-bond donors (Lipinski definition) is 1. The van der Waals surface area contributed by atoms with E-state index in [4.69, 9.17) is 10.3 Å². The van der Waals surface area contributed by atoms with Crippen LogP contribution in [0, 0.1) is 13.8 Å². The molecule has 8 heteroatoms. The predicted molar refractivity (Wildman–Crippen MR) is 83.0 cm³/mol. The number of aryl methyl sites for hydroxylation is 1. The molecule has 116 valence electrons. The van der Waals surface area contributed by atoms with Crippen molar-refractivity contribution in [3.63, 3.8) is 0 Å². The highest BCUT2D eigenvalue weighted by Gasteiger charge is 2.36. The highest BCUT2D eigenvalue weighted by atomic mass is 35.5. The van der Waals surface area contributed by atoms with Gasteiger partial charge in [0.05, 0.1) is 5.54 Å². The van der Waals surface area contributed by atoms with Crippen LogP contribution in [0.1, 0.15) is 48.0 Å². The highest BCUT2D eigenvalue weighted by Crippen LogP contribution is 2.34. The van der Waals surface area contributed by atoms with Gasteiger partial charge >= 0.3 is 4.87 Å². The van der Waals surface area contributed by atoms with Gasteiger partial charge in [0.2, 0.25) is 5.89 Å². The summed E-state index contributed by atoms with van der Waals surface area (Å²) < 4.78 is 6.93. The Morgan fingerprint density at radius 2 is 2.05 bits per heavy atom. The van der Waals surface area contributed by atoms with Crippen LogP contribution in [0.3, 0.4) is 0 Å². The zero-order valence-corrected chi connectivity index (χ0v) is 13.7. The minimum Gasteiger partial charge on any atom is -0.337 e. The summed E-state index contributed by atoms with van der Waals surface area (Å²) in [7, 11) is 0. The van der Waals surface area contributed by atoms with Crippen LogP contribution in [0.25, 0.3) is 0 Å². The van der Waals surface area contributed by atoms with E-state index >= 15 is 0 Å². The lowest BCUT2D eigenvalue weighted by Crippen LogP contribution is -2.34. The molecule has 2 heterocycles. The molecule has 0 aromatic carbocycles. The monoisotopic (exact) mass is 330 g/mol. The van der Waals surface area contributed by atoms with Crippen molar-refractivity contribution < 1.29 is 4.52 Å². The molecule has 0 radical (unpaired) electrons. The van der Waals surface area contributed by atoms with Gasteiger partial charge in [-0.3, -0.25) is 9.36 Å². The molecule has 0 amide bonds. The summed E-state index contributed by atoms with van der Waals surface area (Å²) in [5.41, 5.74) is 6.79. The molecule has 2 aromatic rings. The van der Waals surface area contributed by atoms with Crippen molar-refractivity contribution in [1.29, 1.82) is 0 Å². The normalized spacial score (nSPS) is 16.9. The van der Waals surface area contributed by atoms with Crippen molar-refractivity contribution in [1.82, 2.24) is 14.7 Å². The maximum atomic E-state index is 11.9. The average molecular weight is 331 g/mol. The first-order valence-corrected chi connectivity index (χ1v) is 7.60. The minimum atomic E-state index is -0.452. The SMILES string of the molecule is Cc1sc(=O)n(Cc2nc(C3(N)CCCC3)no2)c1C.Cl. The van der Waals surface area contributed by atoms with Gasteiger partial charge in [-0.2, -0.15) is 4.98 Å². The third kappa shape index (κ3) is 2.90. The summed E-state index contributed by atoms with van der Waals surface area (Å²) in [6.07, 6.45) is 3.98. The predicted octanol–water partition coefficient (Wildman–Crippen LogP) is 2.11. The van der Waals surface area contributed by atoms with E-state index in [1.807, 2.05) is 13.8 Å². The van der Waals surface area contributed by atoms with Crippen LogP contribution in [0.4, 0.5) is 0 Å². The quantitative estimate of drug-likeness (QED) is 0.931. The van der Waals surface area contributed by atoms with E-state index in [1.165, 1.54) is 11.3 Å². The summed E-state index contributed by atoms with van der Waals surface area (Å²) in [6.45, 7) is 4.18. The van der Waals surface area contributed by atoms with Gasteiger partial charge in [0.25, 0.3) is 0 Å². The Hall–Kier alpha value is -1.18. The molecule has 2 aromatic heterocycles. The van der Waals surface area contributed by atoms with E-state index in [-0.39, 0.29) is 17.3 Å². The molecule has 1 aliphatic rings. The first kappa shape index (κ1) is 16.2. The summed E-state index contributed by atoms with van der Waals surface area (Å²) in [5.74, 6) is 1.02. The van der Waals surface area contributed by atoms with Crippen LogP contribution in [0.15, 0.2) is 9.32 Å². The van der Waals surface area contributed by atoms with Crippen molar-refractivity contribution in [2.24, 2.45) is 5.73 Å². The molecule has 1 saturated carbocycles. The lowest BCUT2D eigenvalue weighted by Gasteiger charge is -2.17. The van der Waals surface area contributed by atoms with Crippen LogP contribution in [-0.4, -0.2) is 14.7 Å². The molecule has 3 rings (SSSR count). The van der Waals surface area contributed by atoms with E-state index in [0.717, 1.165) is 36.3 Å². The van der Waals surface area contributed by atoms with E-state index < -0.39 is 5.54 Å². The number of aromatic nitrogens is 3. The second kappa shape index (κ2) is 5.90. The van der Waals surface area contributed by atoms with Crippen LogP contribution >= 0.6 is 23.7 Å². The zero-order chi connectivity index (χ0) is 14.3. The van der Waals surface area contributed by atoms with Crippen LogP contribution in [0.2, 0.25) is 0 Å². The van der Waals surface area contributed by atoms with Crippen molar-refractivity contribution >= 4 is 23.7 Å². The Balaban J connectivity index is 0.00000161. The standard InChI is InChI=1S/C13H18N4O2S.ClH/c1-8-9(2)20-12(18)17(8)7-10-15-11(16-19-10)13(14)5-3-4-6-13;/h3-7,14H2,1-2H3;1H. The minimum absolute atomic E-state index is 0. The molecular formula is C13H19ClN4O2S. The second-order valence-electron chi connectivity index (χ2n) is 5.47. The zero-order valence-electron chi connectivity index (χ0n) is 12.1. The number of thiazole rings is 1. The average Bonchev–Trinajstić information content (AvgIpc) is 3.08. The fraction of sp³-hybridized carbons (Fsp3) is 0.615. The second-order valence-corrected chi connectivity index (χ2v) is 6.64. The van der Waals surface area contributed by atoms with Crippen molar-refractivity contribution in [2.75, 3.05) is 0 Å². The Labute approximate surface area is 132 Å². The molecule has 1 aliphatic carbocycles. The van der Waals surface area contributed by atoms with E-state index in [2.05, 4.69) is 10.1 Å². The van der Waals surface area contributed by atoms with Crippen LogP contribution in [0.5, 0.6) is 0 Å². The van der Waals surface area contributed by atoms with Gasteiger partial charge in [0, 0.05) is 10.6 Å². The molecule has 21 heavy (non-hydrogen) atoms. The Morgan fingerprint density at radius 1 is 1.38 bits per heavy atom. The van der Waals surface area contributed by atoms with Crippen LogP contribution in [-0.2, 0) is 12.1 Å². The fourth-order valence-corrected chi connectivity index (χ4v) is 3.49. The fourth-order valence-electron chi connectivity index (χ4n) is 2.66. The summed E-state index contributed by atoms with van der Waals surface area (Å²) >= 11 is 1.24. The Kier molecular flexibility index (Phi) is 4.55. The number of hydrogen-bond acceptors (Lipinski definition) is 6. The van der Waals surface area contributed by atoms with Gasteiger partial charge in [-0.1, -0.05) is 29.3 Å². The molecule has 6 nitrogen and oxygen atoms in total. The van der Waals surface area contributed by atoms with Crippen LogP contribution < -0.4 is 10.6 Å². The molecule has 0 atom stereocenters.